The van der Waals surface area contributed by atoms with Gasteiger partial charge in [0.05, 0.1) is 31.9 Å². The zero-order valence-electron chi connectivity index (χ0n) is 16.8. The van der Waals surface area contributed by atoms with Crippen LogP contribution in [0.15, 0.2) is 59.7 Å². The molecule has 2 N–H and O–H groups in total. The summed E-state index contributed by atoms with van der Waals surface area (Å²) in [5, 5.41) is 6.69. The van der Waals surface area contributed by atoms with E-state index in [1.807, 2.05) is 61.5 Å². The third kappa shape index (κ3) is 8.04. The van der Waals surface area contributed by atoms with Gasteiger partial charge in [0.2, 0.25) is 5.91 Å². The number of hydrazone groups is 1. The number of hydrogen-bond acceptors (Lipinski definition) is 5. The first kappa shape index (κ1) is 21.9. The molecule has 0 saturated carbocycles. The van der Waals surface area contributed by atoms with Crippen LogP contribution in [0.2, 0.25) is 0 Å². The molecule has 0 aliphatic heterocycles. The second-order valence-electron chi connectivity index (χ2n) is 6.24. The summed E-state index contributed by atoms with van der Waals surface area (Å²) >= 11 is 0. The SMILES string of the molecule is CCCOc1ccc(/C=N\NC(=O)C[C@H](NC(=O)OCC)c2ccccc2)cc1. The van der Waals surface area contributed by atoms with Crippen molar-refractivity contribution in [1.82, 2.24) is 10.7 Å². The van der Waals surface area contributed by atoms with Crippen molar-refractivity contribution in [2.24, 2.45) is 5.10 Å². The average molecular weight is 397 g/mol. The number of benzene rings is 2. The lowest BCUT2D eigenvalue weighted by Crippen LogP contribution is -2.33. The zero-order valence-corrected chi connectivity index (χ0v) is 16.8. The van der Waals surface area contributed by atoms with Crippen LogP contribution in [0.25, 0.3) is 0 Å². The van der Waals surface area contributed by atoms with E-state index in [0.717, 1.165) is 23.3 Å². The van der Waals surface area contributed by atoms with Crippen LogP contribution < -0.4 is 15.5 Å². The fourth-order valence-electron chi connectivity index (χ4n) is 2.53. The highest BCUT2D eigenvalue weighted by Gasteiger charge is 2.18. The Bertz CT molecular complexity index is 791. The first-order chi connectivity index (χ1) is 14.1. The van der Waals surface area contributed by atoms with E-state index in [0.29, 0.717) is 6.61 Å². The summed E-state index contributed by atoms with van der Waals surface area (Å²) in [6.07, 6.45) is 1.97. The molecule has 1 atom stereocenters. The highest BCUT2D eigenvalue weighted by molar-refractivity contribution is 5.83. The normalized spacial score (nSPS) is 11.7. The lowest BCUT2D eigenvalue weighted by Gasteiger charge is -2.18. The van der Waals surface area contributed by atoms with E-state index in [1.54, 1.807) is 13.1 Å². The van der Waals surface area contributed by atoms with E-state index in [2.05, 4.69) is 15.8 Å². The van der Waals surface area contributed by atoms with Crippen molar-refractivity contribution < 1.29 is 19.1 Å². The number of amides is 2. The van der Waals surface area contributed by atoms with E-state index in [9.17, 15) is 9.59 Å². The Morgan fingerprint density at radius 2 is 1.79 bits per heavy atom. The third-order valence-electron chi connectivity index (χ3n) is 3.91. The fourth-order valence-corrected chi connectivity index (χ4v) is 2.53. The Kier molecular flexibility index (Phi) is 9.21. The monoisotopic (exact) mass is 397 g/mol. The maximum absolute atomic E-state index is 12.3. The van der Waals surface area contributed by atoms with E-state index in [-0.39, 0.29) is 18.9 Å². The van der Waals surface area contributed by atoms with Crippen molar-refractivity contribution in [2.75, 3.05) is 13.2 Å². The fraction of sp³-hybridized carbons (Fsp3) is 0.318. The minimum Gasteiger partial charge on any atom is -0.494 e. The number of nitrogens with zero attached hydrogens (tertiary/aromatic N) is 1. The number of hydrogen-bond donors (Lipinski definition) is 2. The van der Waals surface area contributed by atoms with Crippen molar-refractivity contribution >= 4 is 18.2 Å². The number of rotatable bonds is 10. The number of carbonyl (C=O) groups excluding carboxylic acids is 2. The van der Waals surface area contributed by atoms with Crippen LogP contribution in [-0.4, -0.2) is 31.4 Å². The summed E-state index contributed by atoms with van der Waals surface area (Å²) in [6.45, 7) is 4.70. The minimum atomic E-state index is -0.567. The second kappa shape index (κ2) is 12.2. The maximum atomic E-state index is 12.3. The quantitative estimate of drug-likeness (QED) is 0.471. The summed E-state index contributed by atoms with van der Waals surface area (Å²) in [6, 6.07) is 16.2. The van der Waals surface area contributed by atoms with E-state index in [1.165, 1.54) is 0 Å². The van der Waals surface area contributed by atoms with Crippen LogP contribution in [0.5, 0.6) is 5.75 Å². The molecule has 7 nitrogen and oxygen atoms in total. The van der Waals surface area contributed by atoms with Gasteiger partial charge in [-0.15, -0.1) is 0 Å². The molecule has 2 rings (SSSR count). The van der Waals surface area contributed by atoms with E-state index < -0.39 is 12.1 Å². The topological polar surface area (TPSA) is 89.0 Å². The second-order valence-corrected chi connectivity index (χ2v) is 6.24. The van der Waals surface area contributed by atoms with Gasteiger partial charge in [-0.25, -0.2) is 10.2 Å². The average Bonchev–Trinajstić information content (AvgIpc) is 2.73. The van der Waals surface area contributed by atoms with E-state index in [4.69, 9.17) is 9.47 Å². The first-order valence-corrected chi connectivity index (χ1v) is 9.65. The molecule has 0 bridgehead atoms. The zero-order chi connectivity index (χ0) is 20.9. The molecule has 7 heteroatoms. The summed E-state index contributed by atoms with van der Waals surface area (Å²) in [7, 11) is 0. The van der Waals surface area contributed by atoms with Gasteiger partial charge in [-0.3, -0.25) is 4.79 Å². The van der Waals surface area contributed by atoms with Crippen molar-refractivity contribution in [3.8, 4) is 5.75 Å². The molecule has 2 amide bonds. The maximum Gasteiger partial charge on any atom is 0.407 e. The third-order valence-corrected chi connectivity index (χ3v) is 3.91. The minimum absolute atomic E-state index is 0.0317. The van der Waals surface area contributed by atoms with E-state index >= 15 is 0 Å². The van der Waals surface area contributed by atoms with Crippen molar-refractivity contribution in [3.63, 3.8) is 0 Å². The van der Waals surface area contributed by atoms with Crippen LogP contribution in [-0.2, 0) is 9.53 Å². The Balaban J connectivity index is 1.91. The van der Waals surface area contributed by atoms with Gasteiger partial charge in [0.25, 0.3) is 0 Å². The van der Waals surface area contributed by atoms with Crippen molar-refractivity contribution in [2.45, 2.75) is 32.7 Å². The molecule has 0 aliphatic carbocycles. The molecule has 0 radical (unpaired) electrons. The first-order valence-electron chi connectivity index (χ1n) is 9.65. The smallest absolute Gasteiger partial charge is 0.407 e. The van der Waals surface area contributed by atoms with Crippen LogP contribution >= 0.6 is 0 Å². The Hall–Kier alpha value is -3.35. The molecule has 2 aromatic rings. The molecule has 29 heavy (non-hydrogen) atoms. The van der Waals surface area contributed by atoms with Crippen LogP contribution in [0.1, 0.15) is 43.9 Å². The summed E-state index contributed by atoms with van der Waals surface area (Å²) < 4.78 is 10.5. The molecule has 0 aliphatic rings. The van der Waals surface area contributed by atoms with Crippen LogP contribution in [0.4, 0.5) is 4.79 Å². The van der Waals surface area contributed by atoms with Crippen LogP contribution in [0.3, 0.4) is 0 Å². The molecule has 2 aromatic carbocycles. The van der Waals surface area contributed by atoms with Gasteiger partial charge in [0, 0.05) is 0 Å². The molecule has 0 spiro atoms. The van der Waals surface area contributed by atoms with Gasteiger partial charge in [-0.05, 0) is 48.7 Å². The van der Waals surface area contributed by atoms with Crippen molar-refractivity contribution in [3.05, 3.63) is 65.7 Å². The number of alkyl carbamates (subject to hydrolysis) is 1. The molecule has 154 valence electrons. The predicted octanol–water partition coefficient (Wildman–Crippen LogP) is 3.80. The standard InChI is InChI=1S/C22H27N3O4/c1-3-14-29-19-12-10-17(11-13-19)16-23-25-21(26)15-20(24-22(27)28-4-2)18-8-6-5-7-9-18/h5-13,16,20H,3-4,14-15H2,1-2H3,(H,24,27)(H,25,26)/b23-16-/t20-/m0/s1. The largest absolute Gasteiger partial charge is 0.494 e. The molecule has 0 unspecified atom stereocenters. The summed E-state index contributed by atoms with van der Waals surface area (Å²) in [5.74, 6) is 0.471. The molecule has 0 heterocycles. The Morgan fingerprint density at radius 1 is 1.07 bits per heavy atom. The Morgan fingerprint density at radius 3 is 2.45 bits per heavy atom. The molecule has 0 saturated heterocycles. The predicted molar refractivity (Wildman–Crippen MR) is 112 cm³/mol. The van der Waals surface area contributed by atoms with Crippen molar-refractivity contribution in [1.29, 1.82) is 0 Å². The molecule has 0 aromatic heterocycles. The number of nitrogens with one attached hydrogen (secondary N) is 2. The lowest BCUT2D eigenvalue weighted by atomic mass is 10.0. The molecular formula is C22H27N3O4. The van der Waals surface area contributed by atoms with Gasteiger partial charge in [-0.1, -0.05) is 37.3 Å². The van der Waals surface area contributed by atoms with Gasteiger partial charge in [-0.2, -0.15) is 5.10 Å². The highest BCUT2D eigenvalue weighted by atomic mass is 16.5. The summed E-state index contributed by atoms with van der Waals surface area (Å²) in [4.78, 5) is 24.1. The van der Waals surface area contributed by atoms with Gasteiger partial charge < -0.3 is 14.8 Å². The van der Waals surface area contributed by atoms with Gasteiger partial charge >= 0.3 is 6.09 Å². The van der Waals surface area contributed by atoms with Gasteiger partial charge in [0.1, 0.15) is 5.75 Å². The lowest BCUT2D eigenvalue weighted by molar-refractivity contribution is -0.121. The number of ether oxygens (including phenoxy) is 2. The van der Waals surface area contributed by atoms with Gasteiger partial charge in [0.15, 0.2) is 0 Å². The Labute approximate surface area is 171 Å². The number of carbonyl (C=O) groups is 2. The molecule has 0 fully saturated rings. The molecular weight excluding hydrogens is 370 g/mol. The highest BCUT2D eigenvalue weighted by Crippen LogP contribution is 2.17. The van der Waals surface area contributed by atoms with Crippen LogP contribution in [0, 0.1) is 0 Å². The summed E-state index contributed by atoms with van der Waals surface area (Å²) in [5.41, 5.74) is 4.13.